The first kappa shape index (κ1) is 27.5. The molecule has 46 heavy (non-hydrogen) atoms. The largest absolute Gasteiger partial charge is 0.373 e. The van der Waals surface area contributed by atoms with Crippen LogP contribution in [0.1, 0.15) is 28.4 Å². The lowest BCUT2D eigenvalue weighted by molar-refractivity contribution is 0.695. The molecule has 1 aliphatic heterocycles. The Bertz CT molecular complexity index is 2220. The van der Waals surface area contributed by atoms with Gasteiger partial charge < -0.3 is 9.88 Å². The molecule has 220 valence electrons. The molecule has 1 aliphatic carbocycles. The van der Waals surface area contributed by atoms with Crippen LogP contribution in [0.4, 0.5) is 0 Å². The summed E-state index contributed by atoms with van der Waals surface area (Å²) in [6.07, 6.45) is 19.9. The molecule has 0 radical (unpaired) electrons. The van der Waals surface area contributed by atoms with Crippen molar-refractivity contribution in [2.24, 2.45) is 0 Å². The lowest BCUT2D eigenvalue weighted by Crippen LogP contribution is -2.24. The first-order valence-corrected chi connectivity index (χ1v) is 15.6. The number of aromatic nitrogens is 3. The smallest absolute Gasteiger partial charge is 0.0963 e. The fourth-order valence-corrected chi connectivity index (χ4v) is 6.44. The van der Waals surface area contributed by atoms with E-state index >= 15 is 0 Å². The molecule has 3 aromatic heterocycles. The van der Waals surface area contributed by atoms with E-state index < -0.39 is 0 Å². The van der Waals surface area contributed by atoms with Gasteiger partial charge in [-0.3, -0.25) is 9.97 Å². The van der Waals surface area contributed by atoms with Crippen LogP contribution in [0, 0.1) is 0 Å². The molecule has 3 aromatic carbocycles. The molecule has 0 spiro atoms. The highest BCUT2D eigenvalue weighted by Gasteiger charge is 2.21. The highest BCUT2D eigenvalue weighted by atomic mass is 15.0. The Balaban J connectivity index is 1.24. The van der Waals surface area contributed by atoms with Crippen molar-refractivity contribution in [3.8, 4) is 5.69 Å². The van der Waals surface area contributed by atoms with Gasteiger partial charge in [-0.1, -0.05) is 91.5 Å². The summed E-state index contributed by atoms with van der Waals surface area (Å²) >= 11 is 0. The summed E-state index contributed by atoms with van der Waals surface area (Å²) in [6.45, 7) is 4.36. The Morgan fingerprint density at radius 1 is 0.717 bits per heavy atom. The lowest BCUT2D eigenvalue weighted by Gasteiger charge is -2.26. The number of benzene rings is 3. The minimum absolute atomic E-state index is 0.105. The normalized spacial score (nSPS) is 18.9. The number of para-hydroxylation sites is 1. The van der Waals surface area contributed by atoms with Crippen molar-refractivity contribution in [1.82, 2.24) is 19.9 Å². The first-order chi connectivity index (χ1) is 22.7. The van der Waals surface area contributed by atoms with E-state index in [1.807, 2.05) is 30.6 Å². The van der Waals surface area contributed by atoms with Crippen LogP contribution in [-0.2, 0) is 6.42 Å². The topological polar surface area (TPSA) is 42.7 Å². The molecule has 4 nitrogen and oxygen atoms in total. The van der Waals surface area contributed by atoms with Gasteiger partial charge in [0.1, 0.15) is 0 Å². The molecular weight excluding hydrogens is 560 g/mol. The molecule has 1 N–H and O–H groups in total. The van der Waals surface area contributed by atoms with Crippen LogP contribution in [0.15, 0.2) is 175 Å². The molecule has 8 rings (SSSR count). The van der Waals surface area contributed by atoms with Gasteiger partial charge in [0, 0.05) is 29.2 Å². The Morgan fingerprint density at radius 3 is 2.50 bits per heavy atom. The van der Waals surface area contributed by atoms with Crippen molar-refractivity contribution in [2.45, 2.75) is 12.5 Å². The number of hydrogen-bond donors (Lipinski definition) is 1. The van der Waals surface area contributed by atoms with Crippen molar-refractivity contribution >= 4 is 33.6 Å². The van der Waals surface area contributed by atoms with Crippen molar-refractivity contribution in [2.75, 3.05) is 0 Å². The highest BCUT2D eigenvalue weighted by Crippen LogP contribution is 2.34. The van der Waals surface area contributed by atoms with E-state index in [1.54, 1.807) is 0 Å². The van der Waals surface area contributed by atoms with E-state index in [1.165, 1.54) is 11.1 Å². The summed E-state index contributed by atoms with van der Waals surface area (Å²) in [5, 5.41) is 4.92. The number of allylic oxidation sites excluding steroid dienone is 7. The summed E-state index contributed by atoms with van der Waals surface area (Å²) in [7, 11) is 0. The highest BCUT2D eigenvalue weighted by molar-refractivity contribution is 6.07. The monoisotopic (exact) mass is 592 g/mol. The van der Waals surface area contributed by atoms with E-state index in [-0.39, 0.29) is 6.04 Å². The predicted octanol–water partition coefficient (Wildman–Crippen LogP) is 9.49. The van der Waals surface area contributed by atoms with Crippen LogP contribution >= 0.6 is 0 Å². The third kappa shape index (κ3) is 5.20. The Kier molecular flexibility index (Phi) is 7.08. The summed E-state index contributed by atoms with van der Waals surface area (Å²) in [5.41, 5.74) is 13.1. The van der Waals surface area contributed by atoms with E-state index in [4.69, 9.17) is 9.97 Å². The second kappa shape index (κ2) is 11.8. The fraction of sp³-hybridized carbons (Fsp3) is 0.0476. The number of pyridine rings is 2. The predicted molar refractivity (Wildman–Crippen MR) is 190 cm³/mol. The molecule has 1 unspecified atom stereocenters. The maximum Gasteiger partial charge on any atom is 0.0963 e. The molecule has 4 heteroatoms. The van der Waals surface area contributed by atoms with Crippen molar-refractivity contribution in [3.63, 3.8) is 0 Å². The Morgan fingerprint density at radius 2 is 1.57 bits per heavy atom. The van der Waals surface area contributed by atoms with Gasteiger partial charge >= 0.3 is 0 Å². The number of dihydropyridines is 1. The minimum atomic E-state index is -0.105. The van der Waals surface area contributed by atoms with Crippen LogP contribution in [0.3, 0.4) is 0 Å². The maximum absolute atomic E-state index is 4.74. The van der Waals surface area contributed by atoms with E-state index in [0.717, 1.165) is 67.7 Å². The molecule has 0 saturated carbocycles. The Hall–Kier alpha value is -6.00. The first-order valence-electron chi connectivity index (χ1n) is 15.6. The van der Waals surface area contributed by atoms with Crippen LogP contribution in [0.25, 0.3) is 39.3 Å². The molecule has 0 saturated heterocycles. The molecular formula is C42H32N4. The SMILES string of the molecule is C=C1/C=C\c2ccccc2C/C=C\C(C2=CC(c3cccc(-n4c5ccccc5c5ncccc54)c3)=CC(c3ccccn3)N2)=C/1. The van der Waals surface area contributed by atoms with Gasteiger partial charge in [0.15, 0.2) is 0 Å². The quantitative estimate of drug-likeness (QED) is 0.222. The minimum Gasteiger partial charge on any atom is -0.373 e. The third-order valence-corrected chi connectivity index (χ3v) is 8.65. The van der Waals surface area contributed by atoms with Crippen molar-refractivity contribution < 1.29 is 0 Å². The van der Waals surface area contributed by atoms with Gasteiger partial charge in [-0.15, -0.1) is 0 Å². The molecule has 0 amide bonds. The summed E-state index contributed by atoms with van der Waals surface area (Å²) in [5.74, 6) is 0. The van der Waals surface area contributed by atoms with Crippen molar-refractivity contribution in [3.05, 3.63) is 198 Å². The average Bonchev–Trinajstić information content (AvgIpc) is 3.45. The van der Waals surface area contributed by atoms with Crippen LogP contribution in [0.2, 0.25) is 0 Å². The van der Waals surface area contributed by atoms with E-state index in [0.29, 0.717) is 0 Å². The van der Waals surface area contributed by atoms with E-state index in [2.05, 4.69) is 144 Å². The fourth-order valence-electron chi connectivity index (χ4n) is 6.44. The zero-order chi connectivity index (χ0) is 30.9. The summed E-state index contributed by atoms with van der Waals surface area (Å²) in [4.78, 5) is 9.46. The lowest BCUT2D eigenvalue weighted by atomic mass is 9.93. The van der Waals surface area contributed by atoms with E-state index in [9.17, 15) is 0 Å². The van der Waals surface area contributed by atoms with Gasteiger partial charge in [-0.2, -0.15) is 0 Å². The molecule has 1 atom stereocenters. The van der Waals surface area contributed by atoms with Gasteiger partial charge in [0.05, 0.1) is 28.3 Å². The average molecular weight is 593 g/mol. The third-order valence-electron chi connectivity index (χ3n) is 8.65. The summed E-state index contributed by atoms with van der Waals surface area (Å²) < 4.78 is 2.31. The standard InChI is InChI=1S/C42H32N4/c1-29-21-22-31-12-3-2-11-30(31)13-8-15-33(25-29)38-27-34(28-39(45-38)37-18-6-7-23-43-37)32-14-9-16-35(26-32)46-40-19-5-4-17-36(40)42-41(46)20-10-24-44-42/h2-12,14-28,39,45H,1,13H2/b15-8-,22-21-,33-25+. The number of nitrogens with one attached hydrogen (secondary N) is 1. The zero-order valence-corrected chi connectivity index (χ0v) is 25.3. The second-order valence-electron chi connectivity index (χ2n) is 11.6. The second-order valence-corrected chi connectivity index (χ2v) is 11.6. The molecule has 4 heterocycles. The maximum atomic E-state index is 4.74. The molecule has 6 aromatic rings. The van der Waals surface area contributed by atoms with Crippen LogP contribution in [-0.4, -0.2) is 14.5 Å². The summed E-state index contributed by atoms with van der Waals surface area (Å²) in [6, 6.07) is 35.9. The Labute approximate surface area is 268 Å². The molecule has 0 fully saturated rings. The van der Waals surface area contributed by atoms with Gasteiger partial charge in [0.25, 0.3) is 0 Å². The van der Waals surface area contributed by atoms with Crippen molar-refractivity contribution in [1.29, 1.82) is 0 Å². The van der Waals surface area contributed by atoms with Gasteiger partial charge in [0.2, 0.25) is 0 Å². The number of rotatable bonds is 4. The number of fused-ring (bicyclic) bond motifs is 4. The van der Waals surface area contributed by atoms with Gasteiger partial charge in [-0.05, 0) is 101 Å². The zero-order valence-electron chi connectivity index (χ0n) is 25.3. The number of hydrogen-bond acceptors (Lipinski definition) is 3. The molecule has 2 aliphatic rings. The number of nitrogens with zero attached hydrogens (tertiary/aromatic N) is 3. The molecule has 0 bridgehead atoms. The van der Waals surface area contributed by atoms with Crippen LogP contribution < -0.4 is 5.32 Å². The van der Waals surface area contributed by atoms with Crippen LogP contribution in [0.5, 0.6) is 0 Å². The van der Waals surface area contributed by atoms with Gasteiger partial charge in [-0.25, -0.2) is 0 Å².